The Kier molecular flexibility index (Phi) is 4.73. The molecular weight excluding hydrogens is 256 g/mol. The van der Waals surface area contributed by atoms with Gasteiger partial charge < -0.3 is 10.4 Å². The predicted molar refractivity (Wildman–Crippen MR) is 76.2 cm³/mol. The second kappa shape index (κ2) is 6.72. The molecule has 1 heterocycles. The summed E-state index contributed by atoms with van der Waals surface area (Å²) in [4.78, 5) is 11.9. The maximum atomic E-state index is 11.9. The third-order valence-corrected chi connectivity index (χ3v) is 2.88. The highest BCUT2D eigenvalue weighted by molar-refractivity contribution is 5.88. The molecule has 1 atom stereocenters. The Hall–Kier alpha value is -2.34. The van der Waals surface area contributed by atoms with Gasteiger partial charge >= 0.3 is 6.03 Å². The number of aromatic nitrogens is 2. The smallest absolute Gasteiger partial charge is 0.320 e. The SMILES string of the molecule is Cn1ccc(NC(=O)N[C@H](CCO)c2ccccc2)n1. The Balaban J connectivity index is 1.99. The highest BCUT2D eigenvalue weighted by Crippen LogP contribution is 2.16. The van der Waals surface area contributed by atoms with Crippen LogP contribution in [0.2, 0.25) is 0 Å². The molecule has 106 valence electrons. The highest BCUT2D eigenvalue weighted by Gasteiger charge is 2.14. The lowest BCUT2D eigenvalue weighted by Gasteiger charge is -2.18. The molecule has 2 amide bonds. The fourth-order valence-corrected chi connectivity index (χ4v) is 1.93. The summed E-state index contributed by atoms with van der Waals surface area (Å²) in [5, 5.41) is 18.7. The van der Waals surface area contributed by atoms with Gasteiger partial charge in [0.25, 0.3) is 0 Å². The minimum Gasteiger partial charge on any atom is -0.396 e. The number of anilines is 1. The highest BCUT2D eigenvalue weighted by atomic mass is 16.3. The first-order valence-electron chi connectivity index (χ1n) is 6.42. The van der Waals surface area contributed by atoms with Gasteiger partial charge in [0.1, 0.15) is 0 Å². The molecule has 0 aliphatic heterocycles. The van der Waals surface area contributed by atoms with E-state index in [0.717, 1.165) is 5.56 Å². The van der Waals surface area contributed by atoms with Crippen molar-refractivity contribution in [3.63, 3.8) is 0 Å². The number of rotatable bonds is 5. The Bertz CT molecular complexity index is 553. The quantitative estimate of drug-likeness (QED) is 0.776. The molecule has 1 aromatic carbocycles. The van der Waals surface area contributed by atoms with Gasteiger partial charge in [0.2, 0.25) is 0 Å². The minimum absolute atomic E-state index is 0.00340. The van der Waals surface area contributed by atoms with Gasteiger partial charge in [0.05, 0.1) is 6.04 Å². The van der Waals surface area contributed by atoms with Gasteiger partial charge in [0.15, 0.2) is 5.82 Å². The Morgan fingerprint density at radius 3 is 2.70 bits per heavy atom. The predicted octanol–water partition coefficient (Wildman–Crippen LogP) is 1.67. The number of aliphatic hydroxyl groups excluding tert-OH is 1. The van der Waals surface area contributed by atoms with Gasteiger partial charge in [0, 0.05) is 25.9 Å². The second-order valence-electron chi connectivity index (χ2n) is 4.45. The van der Waals surface area contributed by atoms with Crippen molar-refractivity contribution < 1.29 is 9.90 Å². The molecule has 6 heteroatoms. The normalized spacial score (nSPS) is 11.9. The number of nitrogens with one attached hydrogen (secondary N) is 2. The molecule has 20 heavy (non-hydrogen) atoms. The van der Waals surface area contributed by atoms with E-state index in [-0.39, 0.29) is 18.7 Å². The molecule has 0 saturated carbocycles. The minimum atomic E-state index is -0.342. The van der Waals surface area contributed by atoms with Crippen molar-refractivity contribution in [1.82, 2.24) is 15.1 Å². The van der Waals surface area contributed by atoms with Crippen molar-refractivity contribution in [2.75, 3.05) is 11.9 Å². The average molecular weight is 274 g/mol. The van der Waals surface area contributed by atoms with Crippen LogP contribution in [0.4, 0.5) is 10.6 Å². The molecule has 0 unspecified atom stereocenters. The zero-order valence-electron chi connectivity index (χ0n) is 11.3. The van der Waals surface area contributed by atoms with Gasteiger partial charge in [-0.15, -0.1) is 0 Å². The number of hydrogen-bond acceptors (Lipinski definition) is 3. The second-order valence-corrected chi connectivity index (χ2v) is 4.45. The number of benzene rings is 1. The van der Waals surface area contributed by atoms with E-state index >= 15 is 0 Å². The zero-order chi connectivity index (χ0) is 14.4. The number of carbonyl (C=O) groups is 1. The molecule has 0 fully saturated rings. The van der Waals surface area contributed by atoms with Crippen LogP contribution in [0.5, 0.6) is 0 Å². The topological polar surface area (TPSA) is 79.2 Å². The first kappa shape index (κ1) is 14.1. The molecule has 0 radical (unpaired) electrons. The van der Waals surface area contributed by atoms with Crippen LogP contribution in [0.3, 0.4) is 0 Å². The maximum absolute atomic E-state index is 11.9. The van der Waals surface area contributed by atoms with E-state index in [2.05, 4.69) is 15.7 Å². The number of aliphatic hydroxyl groups is 1. The lowest BCUT2D eigenvalue weighted by molar-refractivity contribution is 0.239. The van der Waals surface area contributed by atoms with Crippen molar-refractivity contribution in [2.24, 2.45) is 7.05 Å². The van der Waals surface area contributed by atoms with E-state index in [1.165, 1.54) is 0 Å². The maximum Gasteiger partial charge on any atom is 0.320 e. The molecule has 2 aromatic rings. The number of carbonyl (C=O) groups excluding carboxylic acids is 1. The molecule has 3 N–H and O–H groups in total. The van der Waals surface area contributed by atoms with Gasteiger partial charge in [-0.2, -0.15) is 5.10 Å². The lowest BCUT2D eigenvalue weighted by atomic mass is 10.0. The van der Waals surface area contributed by atoms with E-state index < -0.39 is 0 Å². The van der Waals surface area contributed by atoms with Crippen molar-refractivity contribution in [3.05, 3.63) is 48.2 Å². The van der Waals surface area contributed by atoms with Crippen LogP contribution in [0.15, 0.2) is 42.6 Å². The molecule has 1 aromatic heterocycles. The molecule has 0 spiro atoms. The number of hydrogen-bond donors (Lipinski definition) is 3. The summed E-state index contributed by atoms with van der Waals surface area (Å²) in [6.07, 6.45) is 2.21. The van der Waals surface area contributed by atoms with E-state index in [0.29, 0.717) is 12.2 Å². The van der Waals surface area contributed by atoms with Gasteiger partial charge in [-0.1, -0.05) is 30.3 Å². The van der Waals surface area contributed by atoms with Crippen LogP contribution in [0.1, 0.15) is 18.0 Å². The molecule has 6 nitrogen and oxygen atoms in total. The van der Waals surface area contributed by atoms with Gasteiger partial charge in [-0.3, -0.25) is 10.00 Å². The van der Waals surface area contributed by atoms with Crippen LogP contribution in [-0.4, -0.2) is 27.5 Å². The molecule has 0 bridgehead atoms. The Morgan fingerprint density at radius 1 is 1.35 bits per heavy atom. The molecule has 2 rings (SSSR count). The largest absolute Gasteiger partial charge is 0.396 e. The van der Waals surface area contributed by atoms with Crippen LogP contribution in [-0.2, 0) is 7.05 Å². The lowest BCUT2D eigenvalue weighted by Crippen LogP contribution is -2.33. The zero-order valence-corrected chi connectivity index (χ0v) is 11.3. The number of aryl methyl sites for hydroxylation is 1. The summed E-state index contributed by atoms with van der Waals surface area (Å²) in [6, 6.07) is 10.7. The third-order valence-electron chi connectivity index (χ3n) is 2.88. The van der Waals surface area contributed by atoms with E-state index in [9.17, 15) is 4.79 Å². The fourth-order valence-electron chi connectivity index (χ4n) is 1.93. The standard InChI is InChI=1S/C14H18N4O2/c1-18-9-7-13(17-18)16-14(20)15-12(8-10-19)11-5-3-2-4-6-11/h2-7,9,12,19H,8,10H2,1H3,(H2,15,16,17,20)/t12-/m1/s1. The summed E-state index contributed by atoms with van der Waals surface area (Å²) in [6.45, 7) is 0.00340. The summed E-state index contributed by atoms with van der Waals surface area (Å²) in [5.41, 5.74) is 0.956. The van der Waals surface area contributed by atoms with Crippen LogP contribution in [0, 0.1) is 0 Å². The van der Waals surface area contributed by atoms with Gasteiger partial charge in [-0.25, -0.2) is 4.79 Å². The summed E-state index contributed by atoms with van der Waals surface area (Å²) in [5.74, 6) is 0.487. The average Bonchev–Trinajstić information content (AvgIpc) is 2.84. The molecule has 0 aliphatic rings. The van der Waals surface area contributed by atoms with Crippen LogP contribution >= 0.6 is 0 Å². The van der Waals surface area contributed by atoms with Crippen molar-refractivity contribution >= 4 is 11.8 Å². The Labute approximate surface area is 117 Å². The number of urea groups is 1. The van der Waals surface area contributed by atoms with Crippen LogP contribution < -0.4 is 10.6 Å². The molecular formula is C14H18N4O2. The Morgan fingerprint density at radius 2 is 2.10 bits per heavy atom. The molecule has 0 saturated heterocycles. The van der Waals surface area contributed by atoms with Crippen molar-refractivity contribution in [1.29, 1.82) is 0 Å². The van der Waals surface area contributed by atoms with Gasteiger partial charge in [-0.05, 0) is 12.0 Å². The van der Waals surface area contributed by atoms with E-state index in [1.807, 2.05) is 30.3 Å². The third kappa shape index (κ3) is 3.83. The van der Waals surface area contributed by atoms with E-state index in [1.54, 1.807) is 24.0 Å². The van der Waals surface area contributed by atoms with E-state index in [4.69, 9.17) is 5.11 Å². The summed E-state index contributed by atoms with van der Waals surface area (Å²) < 4.78 is 1.61. The monoisotopic (exact) mass is 274 g/mol. The molecule has 0 aliphatic carbocycles. The summed E-state index contributed by atoms with van der Waals surface area (Å²) >= 11 is 0. The van der Waals surface area contributed by atoms with Crippen molar-refractivity contribution in [2.45, 2.75) is 12.5 Å². The first-order valence-corrected chi connectivity index (χ1v) is 6.42. The van der Waals surface area contributed by atoms with Crippen molar-refractivity contribution in [3.8, 4) is 0 Å². The fraction of sp³-hybridized carbons (Fsp3) is 0.286. The number of nitrogens with zero attached hydrogens (tertiary/aromatic N) is 2. The number of amides is 2. The first-order chi connectivity index (χ1) is 9.69. The van der Waals surface area contributed by atoms with Crippen LogP contribution in [0.25, 0.3) is 0 Å². The summed E-state index contributed by atoms with van der Waals surface area (Å²) in [7, 11) is 1.78.